The van der Waals surface area contributed by atoms with E-state index in [1.165, 1.54) is 0 Å². The normalized spacial score (nSPS) is 21.6. The number of rotatable bonds is 6. The van der Waals surface area contributed by atoms with Crippen LogP contribution >= 0.6 is 0 Å². The third-order valence-corrected chi connectivity index (χ3v) is 12.9. The van der Waals surface area contributed by atoms with Gasteiger partial charge in [0.05, 0.1) is 17.8 Å². The van der Waals surface area contributed by atoms with Crippen LogP contribution in [0.25, 0.3) is 0 Å². The molecular weight excluding hydrogens is 458 g/mol. The van der Waals surface area contributed by atoms with Crippen molar-refractivity contribution in [3.05, 3.63) is 22.9 Å². The molecule has 196 valence electrons. The van der Waals surface area contributed by atoms with Crippen molar-refractivity contribution in [3.63, 3.8) is 0 Å². The van der Waals surface area contributed by atoms with Gasteiger partial charge in [-0.2, -0.15) is 0 Å². The molecule has 3 rings (SSSR count). The molecule has 0 radical (unpaired) electrons. The number of piperazine rings is 1. The second kappa shape index (κ2) is 9.50. The summed E-state index contributed by atoms with van der Waals surface area (Å²) in [6.07, 6.45) is 1.10. The second-order valence-electron chi connectivity index (χ2n) is 12.7. The Morgan fingerprint density at radius 3 is 2.34 bits per heavy atom. The number of nitrogens with zero attached hydrogens (tertiary/aromatic N) is 3. The molecule has 0 N–H and O–H groups in total. The fourth-order valence-corrected chi connectivity index (χ4v) is 7.86. The molecule has 1 saturated heterocycles. The minimum absolute atomic E-state index is 0.0664. The molecule has 8 heteroatoms. The summed E-state index contributed by atoms with van der Waals surface area (Å²) in [6, 6.07) is 2.19. The van der Waals surface area contributed by atoms with E-state index in [-0.39, 0.29) is 29.3 Å². The number of fused-ring (bicyclic) bond motifs is 3. The van der Waals surface area contributed by atoms with Crippen LogP contribution in [0.1, 0.15) is 90.0 Å². The van der Waals surface area contributed by atoms with Crippen molar-refractivity contribution in [3.8, 4) is 0 Å². The van der Waals surface area contributed by atoms with Crippen LogP contribution in [-0.4, -0.2) is 61.4 Å². The first-order chi connectivity index (χ1) is 16.0. The number of carbonyl (C=O) groups is 2. The molecule has 2 aliphatic rings. The lowest BCUT2D eigenvalue weighted by Crippen LogP contribution is -2.58. The molecule has 7 nitrogen and oxygen atoms in total. The van der Waals surface area contributed by atoms with Gasteiger partial charge in [0.15, 0.2) is 14.6 Å². The lowest BCUT2D eigenvalue weighted by molar-refractivity contribution is 0.0191. The molecule has 3 heterocycles. The van der Waals surface area contributed by atoms with E-state index in [2.05, 4.69) is 52.6 Å². The van der Waals surface area contributed by atoms with Crippen molar-refractivity contribution >= 4 is 26.5 Å². The SMILES string of the molecule is CC(O[Si](C)(C)C(C)(C)C(C)C)c1nc2c(cc1C=O)C[C@@H]1CN(C(=O)OC(C)(C)C)C[C@@H](C)N21. The van der Waals surface area contributed by atoms with Gasteiger partial charge in [-0.15, -0.1) is 0 Å². The van der Waals surface area contributed by atoms with Crippen molar-refractivity contribution < 1.29 is 18.8 Å². The second-order valence-corrected chi connectivity index (χ2v) is 17.3. The van der Waals surface area contributed by atoms with Crippen molar-refractivity contribution in [2.45, 2.75) is 111 Å². The molecule has 1 unspecified atom stereocenters. The minimum atomic E-state index is -2.12. The fourth-order valence-electron chi connectivity index (χ4n) is 5.17. The van der Waals surface area contributed by atoms with E-state index < -0.39 is 13.9 Å². The number of aldehydes is 1. The van der Waals surface area contributed by atoms with Crippen LogP contribution in [0.15, 0.2) is 6.07 Å². The molecule has 3 atom stereocenters. The summed E-state index contributed by atoms with van der Waals surface area (Å²) < 4.78 is 12.4. The van der Waals surface area contributed by atoms with Gasteiger partial charge in [0.2, 0.25) is 0 Å². The van der Waals surface area contributed by atoms with E-state index in [1.807, 2.05) is 33.8 Å². The number of hydrogen-bond donors (Lipinski definition) is 0. The number of carbonyl (C=O) groups excluding carboxylic acids is 2. The zero-order valence-electron chi connectivity index (χ0n) is 23.6. The Morgan fingerprint density at radius 1 is 1.17 bits per heavy atom. The summed E-state index contributed by atoms with van der Waals surface area (Å²) in [5, 5.41) is 0.0664. The number of anilines is 1. The Balaban J connectivity index is 1.87. The molecule has 1 aromatic rings. The van der Waals surface area contributed by atoms with Crippen LogP contribution in [0.2, 0.25) is 18.1 Å². The van der Waals surface area contributed by atoms with Crippen molar-refractivity contribution in [2.24, 2.45) is 5.92 Å². The highest BCUT2D eigenvalue weighted by molar-refractivity contribution is 6.74. The van der Waals surface area contributed by atoms with E-state index >= 15 is 0 Å². The first kappa shape index (κ1) is 27.7. The van der Waals surface area contributed by atoms with Crippen LogP contribution in [-0.2, 0) is 15.6 Å². The topological polar surface area (TPSA) is 72.0 Å². The first-order valence-electron chi connectivity index (χ1n) is 12.9. The van der Waals surface area contributed by atoms with Crippen molar-refractivity contribution in [1.82, 2.24) is 9.88 Å². The Kier molecular flexibility index (Phi) is 7.51. The molecule has 1 aromatic heterocycles. The highest BCUT2D eigenvalue weighted by atomic mass is 28.4. The molecule has 0 bridgehead atoms. The molecule has 0 aromatic carbocycles. The van der Waals surface area contributed by atoms with Gasteiger partial charge < -0.3 is 19.0 Å². The number of aromatic nitrogens is 1. The van der Waals surface area contributed by atoms with Crippen LogP contribution < -0.4 is 4.90 Å². The zero-order valence-corrected chi connectivity index (χ0v) is 24.6. The van der Waals surface area contributed by atoms with E-state index in [4.69, 9.17) is 14.1 Å². The Bertz CT molecular complexity index is 970. The standard InChI is InChI=1S/C27H45N3O4Si/c1-17(2)27(8,9)35(10,11)34-19(4)23-21(16-31)12-20-13-22-15-29(25(32)33-26(5,6)7)14-18(3)30(22)24(20)28-23/h12,16-19,22H,13-15H2,1-11H3/t18-,19?,22-/m1/s1. The molecule has 0 saturated carbocycles. The van der Waals surface area contributed by atoms with E-state index in [0.29, 0.717) is 30.3 Å². The van der Waals surface area contributed by atoms with E-state index in [1.54, 1.807) is 4.90 Å². The van der Waals surface area contributed by atoms with Crippen LogP contribution in [0.4, 0.5) is 10.6 Å². The van der Waals surface area contributed by atoms with Gasteiger partial charge in [-0.1, -0.05) is 27.7 Å². The monoisotopic (exact) mass is 503 g/mol. The summed E-state index contributed by atoms with van der Waals surface area (Å²) in [7, 11) is -2.12. The molecule has 2 aliphatic heterocycles. The molecule has 0 spiro atoms. The minimum Gasteiger partial charge on any atom is -0.444 e. The number of amides is 1. The summed E-state index contributed by atoms with van der Waals surface area (Å²) in [6.45, 7) is 24.5. The van der Waals surface area contributed by atoms with Gasteiger partial charge in [-0.05, 0) is 76.7 Å². The summed E-state index contributed by atoms with van der Waals surface area (Å²) in [5.41, 5.74) is 1.84. The zero-order chi connectivity index (χ0) is 26.5. The van der Waals surface area contributed by atoms with Crippen molar-refractivity contribution in [1.29, 1.82) is 0 Å². The maximum atomic E-state index is 12.7. The number of pyridine rings is 1. The van der Waals surface area contributed by atoms with Gasteiger partial charge >= 0.3 is 6.09 Å². The fraction of sp³-hybridized carbons (Fsp3) is 0.741. The van der Waals surface area contributed by atoms with Crippen LogP contribution in [0, 0.1) is 5.92 Å². The van der Waals surface area contributed by atoms with Gasteiger partial charge in [-0.25, -0.2) is 9.78 Å². The van der Waals surface area contributed by atoms with Gasteiger partial charge in [0, 0.05) is 24.7 Å². The Hall–Kier alpha value is -1.93. The molecule has 35 heavy (non-hydrogen) atoms. The summed E-state index contributed by atoms with van der Waals surface area (Å²) in [5.74, 6) is 1.41. The summed E-state index contributed by atoms with van der Waals surface area (Å²) in [4.78, 5) is 34.0. The van der Waals surface area contributed by atoms with Gasteiger partial charge in [0.1, 0.15) is 11.4 Å². The lowest BCUT2D eigenvalue weighted by atomic mass is 9.99. The lowest BCUT2D eigenvalue weighted by Gasteiger charge is -2.44. The average molecular weight is 504 g/mol. The van der Waals surface area contributed by atoms with Crippen LogP contribution in [0.5, 0.6) is 0 Å². The van der Waals surface area contributed by atoms with E-state index in [9.17, 15) is 9.59 Å². The Morgan fingerprint density at radius 2 is 1.80 bits per heavy atom. The first-order valence-corrected chi connectivity index (χ1v) is 15.8. The maximum absolute atomic E-state index is 12.7. The Labute approximate surface area is 212 Å². The van der Waals surface area contributed by atoms with Gasteiger partial charge in [-0.3, -0.25) is 4.79 Å². The molecule has 1 amide bonds. The quantitative estimate of drug-likeness (QED) is 0.351. The third-order valence-electron chi connectivity index (χ3n) is 8.25. The largest absolute Gasteiger partial charge is 0.444 e. The van der Waals surface area contributed by atoms with Crippen molar-refractivity contribution in [2.75, 3.05) is 18.0 Å². The average Bonchev–Trinajstić information content (AvgIpc) is 3.08. The summed E-state index contributed by atoms with van der Waals surface area (Å²) >= 11 is 0. The predicted molar refractivity (Wildman–Crippen MR) is 143 cm³/mol. The maximum Gasteiger partial charge on any atom is 0.410 e. The highest BCUT2D eigenvalue weighted by Crippen LogP contribution is 2.47. The molecular formula is C27H45N3O4Si. The van der Waals surface area contributed by atoms with Crippen LogP contribution in [0.3, 0.4) is 0 Å². The van der Waals surface area contributed by atoms with E-state index in [0.717, 1.165) is 24.1 Å². The van der Waals surface area contributed by atoms with Gasteiger partial charge in [0.25, 0.3) is 0 Å². The number of hydrogen-bond acceptors (Lipinski definition) is 6. The molecule has 1 fully saturated rings. The molecule has 0 aliphatic carbocycles. The third kappa shape index (κ3) is 5.43. The number of ether oxygens (including phenoxy) is 1. The predicted octanol–water partition coefficient (Wildman–Crippen LogP) is 5.98. The highest BCUT2D eigenvalue weighted by Gasteiger charge is 2.46. The smallest absolute Gasteiger partial charge is 0.410 e.